The van der Waals surface area contributed by atoms with E-state index in [4.69, 9.17) is 0 Å². The molecule has 0 amide bonds. The number of nitrogens with one attached hydrogen (secondary N) is 3. The molecule has 2 aliphatic rings. The van der Waals surface area contributed by atoms with Crippen molar-refractivity contribution < 1.29 is 9.90 Å². The number of ketones is 1. The first-order valence-electron chi connectivity index (χ1n) is 7.99. The summed E-state index contributed by atoms with van der Waals surface area (Å²) < 4.78 is 0. The Morgan fingerprint density at radius 2 is 1.88 bits per heavy atom. The molecular formula is C18H19N3O3. The van der Waals surface area contributed by atoms with Crippen LogP contribution in [0.5, 0.6) is 5.75 Å². The second-order valence-corrected chi connectivity index (χ2v) is 7.32. The number of fused-ring (bicyclic) bond motifs is 1. The van der Waals surface area contributed by atoms with E-state index in [0.29, 0.717) is 35.4 Å². The number of anilines is 1. The molecule has 4 N–H and O–H groups in total. The minimum Gasteiger partial charge on any atom is -0.508 e. The Morgan fingerprint density at radius 3 is 2.62 bits per heavy atom. The molecule has 0 saturated carbocycles. The van der Waals surface area contributed by atoms with Crippen LogP contribution in [0.25, 0.3) is 0 Å². The summed E-state index contributed by atoms with van der Waals surface area (Å²) in [6, 6.07) is 6.87. The summed E-state index contributed by atoms with van der Waals surface area (Å²) in [7, 11) is 0. The number of para-hydroxylation sites is 1. The minimum absolute atomic E-state index is 0.0215. The number of allylic oxidation sites excluding steroid dienone is 2. The van der Waals surface area contributed by atoms with Gasteiger partial charge in [0.2, 0.25) is 0 Å². The van der Waals surface area contributed by atoms with Crippen LogP contribution in [-0.4, -0.2) is 21.1 Å². The zero-order chi connectivity index (χ0) is 17.1. The number of hydrogen-bond donors (Lipinski definition) is 4. The van der Waals surface area contributed by atoms with E-state index in [1.807, 2.05) is 0 Å². The van der Waals surface area contributed by atoms with Crippen molar-refractivity contribution in [3.63, 3.8) is 0 Å². The molecule has 0 radical (unpaired) electrons. The fraction of sp³-hybridized carbons (Fsp3) is 0.333. The van der Waals surface area contributed by atoms with Gasteiger partial charge in [-0.3, -0.25) is 19.8 Å². The Kier molecular flexibility index (Phi) is 3.00. The van der Waals surface area contributed by atoms with Crippen LogP contribution in [0.15, 0.2) is 40.3 Å². The summed E-state index contributed by atoms with van der Waals surface area (Å²) in [4.78, 5) is 25.2. The zero-order valence-electron chi connectivity index (χ0n) is 13.6. The van der Waals surface area contributed by atoms with Crippen LogP contribution in [-0.2, 0) is 4.79 Å². The molecule has 1 aliphatic heterocycles. The molecule has 0 saturated heterocycles. The van der Waals surface area contributed by atoms with Crippen molar-refractivity contribution in [2.45, 2.75) is 32.6 Å². The smallest absolute Gasteiger partial charge is 0.270 e. The standard InChI is InChI=1S/C18H19N3O3/c1-18(2)7-10-14(12(23)8-18)13(9-5-3-4-6-11(9)22)15-16(19-10)20-21-17(15)24/h3-6,13,22H,7-8H2,1-2H3,(H3,19,20,21,24). The summed E-state index contributed by atoms with van der Waals surface area (Å²) in [5, 5.41) is 19.0. The van der Waals surface area contributed by atoms with Gasteiger partial charge in [-0.15, -0.1) is 0 Å². The Morgan fingerprint density at radius 1 is 1.12 bits per heavy atom. The summed E-state index contributed by atoms with van der Waals surface area (Å²) >= 11 is 0. The number of phenols is 1. The lowest BCUT2D eigenvalue weighted by atomic mass is 9.69. The number of aromatic hydroxyl groups is 1. The van der Waals surface area contributed by atoms with Gasteiger partial charge in [-0.25, -0.2) is 0 Å². The molecule has 2 heterocycles. The van der Waals surface area contributed by atoms with Gasteiger partial charge in [0, 0.05) is 23.3 Å². The topological polar surface area (TPSA) is 98.0 Å². The Balaban J connectivity index is 1.99. The van der Waals surface area contributed by atoms with Gasteiger partial charge in [-0.05, 0) is 17.9 Å². The summed E-state index contributed by atoms with van der Waals surface area (Å²) in [5.41, 5.74) is 2.02. The molecule has 1 aliphatic carbocycles. The number of hydrogen-bond acceptors (Lipinski definition) is 4. The molecule has 6 heteroatoms. The number of H-pyrrole nitrogens is 2. The molecular weight excluding hydrogens is 306 g/mol. The predicted octanol–water partition coefficient (Wildman–Crippen LogP) is 2.61. The van der Waals surface area contributed by atoms with E-state index < -0.39 is 5.92 Å². The number of aromatic nitrogens is 2. The third kappa shape index (κ3) is 2.10. The normalized spacial score (nSPS) is 21.9. The van der Waals surface area contributed by atoms with Crippen LogP contribution in [0.3, 0.4) is 0 Å². The monoisotopic (exact) mass is 325 g/mol. The van der Waals surface area contributed by atoms with E-state index in [-0.39, 0.29) is 22.5 Å². The van der Waals surface area contributed by atoms with E-state index in [1.54, 1.807) is 24.3 Å². The van der Waals surface area contributed by atoms with Crippen molar-refractivity contribution >= 4 is 11.6 Å². The number of carbonyl (C=O) groups excluding carboxylic acids is 1. The number of carbonyl (C=O) groups is 1. The van der Waals surface area contributed by atoms with E-state index in [2.05, 4.69) is 29.4 Å². The molecule has 0 fully saturated rings. The van der Waals surface area contributed by atoms with E-state index in [0.717, 1.165) is 5.70 Å². The molecule has 0 bridgehead atoms. The van der Waals surface area contributed by atoms with Crippen LogP contribution >= 0.6 is 0 Å². The SMILES string of the molecule is CC1(C)CC(=O)C2=C(C1)Nc1[nH][nH]c(=O)c1C2c1ccccc1O. The molecule has 1 unspecified atom stereocenters. The largest absolute Gasteiger partial charge is 0.508 e. The molecule has 1 atom stereocenters. The van der Waals surface area contributed by atoms with E-state index in [1.165, 1.54) is 0 Å². The lowest BCUT2D eigenvalue weighted by Crippen LogP contribution is -2.35. The molecule has 0 spiro atoms. The number of aromatic amines is 2. The van der Waals surface area contributed by atoms with Crippen molar-refractivity contribution in [1.29, 1.82) is 0 Å². The van der Waals surface area contributed by atoms with Gasteiger partial charge in [-0.2, -0.15) is 0 Å². The van der Waals surface area contributed by atoms with Crippen molar-refractivity contribution in [3.05, 3.63) is 57.0 Å². The molecule has 4 rings (SSSR count). The Labute approximate surface area is 138 Å². The maximum absolute atomic E-state index is 12.9. The first-order chi connectivity index (χ1) is 11.4. The highest BCUT2D eigenvalue weighted by Crippen LogP contribution is 2.48. The molecule has 1 aromatic heterocycles. The van der Waals surface area contributed by atoms with Crippen molar-refractivity contribution in [1.82, 2.24) is 10.2 Å². The second kappa shape index (κ2) is 4.87. The van der Waals surface area contributed by atoms with Gasteiger partial charge in [0.1, 0.15) is 11.6 Å². The van der Waals surface area contributed by atoms with Crippen molar-refractivity contribution in [2.24, 2.45) is 5.41 Å². The van der Waals surface area contributed by atoms with Gasteiger partial charge in [0.15, 0.2) is 5.78 Å². The lowest BCUT2D eigenvalue weighted by molar-refractivity contribution is -0.118. The third-order valence-electron chi connectivity index (χ3n) is 4.84. The molecule has 2 aromatic rings. The highest BCUT2D eigenvalue weighted by Gasteiger charge is 2.42. The number of Topliss-reactive ketones (excluding diaryl/α,β-unsaturated/α-hetero) is 1. The second-order valence-electron chi connectivity index (χ2n) is 7.32. The fourth-order valence-electron chi connectivity index (χ4n) is 3.86. The highest BCUT2D eigenvalue weighted by atomic mass is 16.3. The van der Waals surface area contributed by atoms with Crippen LogP contribution in [0.2, 0.25) is 0 Å². The van der Waals surface area contributed by atoms with Crippen LogP contribution in [0, 0.1) is 5.41 Å². The molecule has 6 nitrogen and oxygen atoms in total. The molecule has 1 aromatic carbocycles. The first-order valence-corrected chi connectivity index (χ1v) is 7.99. The van der Waals surface area contributed by atoms with Crippen LogP contribution < -0.4 is 10.9 Å². The van der Waals surface area contributed by atoms with Crippen LogP contribution in [0.4, 0.5) is 5.82 Å². The van der Waals surface area contributed by atoms with Gasteiger partial charge < -0.3 is 10.4 Å². The highest BCUT2D eigenvalue weighted by molar-refractivity contribution is 6.01. The number of rotatable bonds is 1. The maximum atomic E-state index is 12.9. The average molecular weight is 325 g/mol. The Bertz CT molecular complexity index is 933. The quantitative estimate of drug-likeness (QED) is 0.648. The molecule has 124 valence electrons. The summed E-state index contributed by atoms with van der Waals surface area (Å²) in [5.74, 6) is 0.113. The van der Waals surface area contributed by atoms with E-state index >= 15 is 0 Å². The lowest BCUT2D eigenvalue weighted by Gasteiger charge is -2.37. The van der Waals surface area contributed by atoms with Crippen molar-refractivity contribution in [3.8, 4) is 5.75 Å². The van der Waals surface area contributed by atoms with Crippen LogP contribution in [0.1, 0.15) is 43.7 Å². The van der Waals surface area contributed by atoms with Gasteiger partial charge >= 0.3 is 0 Å². The first kappa shape index (κ1) is 14.8. The molecule has 24 heavy (non-hydrogen) atoms. The average Bonchev–Trinajstić information content (AvgIpc) is 2.86. The van der Waals surface area contributed by atoms with Gasteiger partial charge in [0.05, 0.1) is 11.5 Å². The summed E-state index contributed by atoms with van der Waals surface area (Å²) in [6.07, 6.45) is 1.14. The number of benzene rings is 1. The number of phenolic OH excluding ortho intramolecular Hbond substituents is 1. The zero-order valence-corrected chi connectivity index (χ0v) is 13.6. The maximum Gasteiger partial charge on any atom is 0.270 e. The van der Waals surface area contributed by atoms with Gasteiger partial charge in [0.25, 0.3) is 5.56 Å². The van der Waals surface area contributed by atoms with Gasteiger partial charge in [-0.1, -0.05) is 32.0 Å². The predicted molar refractivity (Wildman–Crippen MR) is 90.0 cm³/mol. The fourth-order valence-corrected chi connectivity index (χ4v) is 3.86. The minimum atomic E-state index is -0.559. The van der Waals surface area contributed by atoms with E-state index in [9.17, 15) is 14.7 Å². The summed E-state index contributed by atoms with van der Waals surface area (Å²) in [6.45, 7) is 4.11. The third-order valence-corrected chi connectivity index (χ3v) is 4.84. The van der Waals surface area contributed by atoms with Crippen molar-refractivity contribution in [2.75, 3.05) is 5.32 Å². The Hall–Kier alpha value is -2.76.